The second-order valence-corrected chi connectivity index (χ2v) is 5.28. The lowest BCUT2D eigenvalue weighted by atomic mass is 10.1. The van der Waals surface area contributed by atoms with Crippen LogP contribution >= 0.6 is 0 Å². The molecule has 0 aromatic heterocycles. The Labute approximate surface area is 140 Å². The summed E-state index contributed by atoms with van der Waals surface area (Å²) in [4.78, 5) is 14.0. The molecule has 1 fully saturated rings. The Kier molecular flexibility index (Phi) is 6.37. The van der Waals surface area contributed by atoms with Crippen LogP contribution in [0.25, 0.3) is 0 Å². The van der Waals surface area contributed by atoms with Gasteiger partial charge in [0.1, 0.15) is 6.07 Å². The van der Waals surface area contributed by atoms with E-state index < -0.39 is 0 Å². The lowest BCUT2D eigenvalue weighted by Crippen LogP contribution is -2.36. The fourth-order valence-corrected chi connectivity index (χ4v) is 2.34. The second-order valence-electron chi connectivity index (χ2n) is 5.28. The summed E-state index contributed by atoms with van der Waals surface area (Å²) in [6.07, 6.45) is -0.307. The van der Waals surface area contributed by atoms with Crippen molar-refractivity contribution in [2.45, 2.75) is 6.29 Å². The molecule has 1 amide bonds. The Morgan fingerprint density at radius 1 is 1.33 bits per heavy atom. The van der Waals surface area contributed by atoms with Gasteiger partial charge in [-0.15, -0.1) is 0 Å². The van der Waals surface area contributed by atoms with Gasteiger partial charge in [-0.05, 0) is 7.05 Å². The first-order chi connectivity index (χ1) is 11.6. The first kappa shape index (κ1) is 18.0. The summed E-state index contributed by atoms with van der Waals surface area (Å²) in [7, 11) is 4.77. The number of nitriles is 1. The van der Waals surface area contributed by atoms with E-state index in [9.17, 15) is 10.1 Å². The number of carbonyl (C=O) groups is 1. The number of rotatable bonds is 7. The first-order valence-corrected chi connectivity index (χ1v) is 7.45. The number of nitrogens with one attached hydrogen (secondary N) is 1. The van der Waals surface area contributed by atoms with Gasteiger partial charge >= 0.3 is 0 Å². The zero-order valence-electron chi connectivity index (χ0n) is 14.0. The maximum absolute atomic E-state index is 12.2. The third kappa shape index (κ3) is 4.58. The molecular weight excluding hydrogens is 314 g/mol. The summed E-state index contributed by atoms with van der Waals surface area (Å²) in [6, 6.07) is 5.13. The molecule has 1 aliphatic rings. The number of carbonyl (C=O) groups excluding carboxylic acids is 1. The number of methoxy groups -OCH3 is 2. The molecule has 24 heavy (non-hydrogen) atoms. The topological polar surface area (TPSA) is 93.1 Å². The highest BCUT2D eigenvalue weighted by Gasteiger charge is 2.20. The highest BCUT2D eigenvalue weighted by molar-refractivity contribution is 5.94. The standard InChI is InChI=1S/C16H21N3O5/c1-19(10-16-23-4-5-24-16)9-15(20)18-12-7-14(22-3)13(21-2)6-11(12)8-17/h6-7,16H,4-5,9-10H2,1-3H3,(H,18,20). The van der Waals surface area contributed by atoms with Crippen LogP contribution in [-0.2, 0) is 14.3 Å². The first-order valence-electron chi connectivity index (χ1n) is 7.45. The predicted molar refractivity (Wildman–Crippen MR) is 86.1 cm³/mol. The minimum atomic E-state index is -0.307. The Morgan fingerprint density at radius 3 is 2.54 bits per heavy atom. The average Bonchev–Trinajstić information content (AvgIpc) is 3.06. The van der Waals surface area contributed by atoms with Crippen molar-refractivity contribution in [1.29, 1.82) is 5.26 Å². The van der Waals surface area contributed by atoms with Crippen molar-refractivity contribution in [3.63, 3.8) is 0 Å². The van der Waals surface area contributed by atoms with Crippen LogP contribution in [-0.4, -0.2) is 64.7 Å². The maximum Gasteiger partial charge on any atom is 0.238 e. The van der Waals surface area contributed by atoms with E-state index in [0.29, 0.717) is 42.5 Å². The molecule has 0 spiro atoms. The van der Waals surface area contributed by atoms with Crippen LogP contribution in [0.2, 0.25) is 0 Å². The Hall–Kier alpha value is -2.34. The molecule has 0 atom stereocenters. The molecule has 8 nitrogen and oxygen atoms in total. The van der Waals surface area contributed by atoms with Crippen molar-refractivity contribution in [2.24, 2.45) is 0 Å². The number of hydrogen-bond acceptors (Lipinski definition) is 7. The molecule has 130 valence electrons. The monoisotopic (exact) mass is 335 g/mol. The third-order valence-corrected chi connectivity index (χ3v) is 3.48. The summed E-state index contributed by atoms with van der Waals surface area (Å²) in [5.41, 5.74) is 0.674. The lowest BCUT2D eigenvalue weighted by Gasteiger charge is -2.19. The molecule has 0 saturated carbocycles. The molecule has 1 saturated heterocycles. The van der Waals surface area contributed by atoms with Crippen LogP contribution < -0.4 is 14.8 Å². The molecule has 1 aromatic carbocycles. The SMILES string of the molecule is COc1cc(C#N)c(NC(=O)CN(C)CC2OCCO2)cc1OC. The number of ether oxygens (including phenoxy) is 4. The van der Waals surface area contributed by atoms with Gasteiger partial charge in [-0.3, -0.25) is 9.69 Å². The summed E-state index contributed by atoms with van der Waals surface area (Å²) in [5, 5.41) is 12.0. The van der Waals surface area contributed by atoms with Crippen molar-refractivity contribution in [3.8, 4) is 17.6 Å². The van der Waals surface area contributed by atoms with Crippen molar-refractivity contribution in [2.75, 3.05) is 52.9 Å². The summed E-state index contributed by atoms with van der Waals surface area (Å²) in [6.45, 7) is 1.77. The van der Waals surface area contributed by atoms with Crippen molar-refractivity contribution in [3.05, 3.63) is 17.7 Å². The normalized spacial score (nSPS) is 14.5. The molecule has 1 aliphatic heterocycles. The van der Waals surface area contributed by atoms with E-state index in [0.717, 1.165) is 0 Å². The smallest absolute Gasteiger partial charge is 0.238 e. The van der Waals surface area contributed by atoms with Gasteiger partial charge in [0.05, 0.1) is 45.2 Å². The van der Waals surface area contributed by atoms with Gasteiger partial charge in [0.2, 0.25) is 5.91 Å². The van der Waals surface area contributed by atoms with Crippen molar-refractivity contribution in [1.82, 2.24) is 4.90 Å². The summed E-state index contributed by atoms with van der Waals surface area (Å²) in [5.74, 6) is 0.617. The predicted octanol–water partition coefficient (Wildman–Crippen LogP) is 0.819. The molecule has 0 radical (unpaired) electrons. The Morgan fingerprint density at radius 2 is 1.96 bits per heavy atom. The maximum atomic E-state index is 12.2. The second kappa shape index (κ2) is 8.49. The number of anilines is 1. The van der Waals surface area contributed by atoms with Crippen LogP contribution in [0.5, 0.6) is 11.5 Å². The molecule has 2 rings (SSSR count). The molecule has 0 unspecified atom stereocenters. The molecule has 8 heteroatoms. The largest absolute Gasteiger partial charge is 0.493 e. The molecule has 1 N–H and O–H groups in total. The minimum absolute atomic E-state index is 0.141. The quantitative estimate of drug-likeness (QED) is 0.788. The van der Waals surface area contributed by atoms with Crippen LogP contribution in [0.4, 0.5) is 5.69 Å². The summed E-state index contributed by atoms with van der Waals surface area (Å²) < 4.78 is 21.0. The molecule has 1 aromatic rings. The fraction of sp³-hybridized carbons (Fsp3) is 0.500. The fourth-order valence-electron chi connectivity index (χ4n) is 2.34. The number of nitrogens with zero attached hydrogens (tertiary/aromatic N) is 2. The van der Waals surface area contributed by atoms with Gasteiger partial charge in [-0.25, -0.2) is 0 Å². The van der Waals surface area contributed by atoms with Gasteiger partial charge in [0.15, 0.2) is 17.8 Å². The number of likely N-dealkylation sites (N-methyl/N-ethyl adjacent to an activating group) is 1. The lowest BCUT2D eigenvalue weighted by molar-refractivity contribution is -0.118. The minimum Gasteiger partial charge on any atom is -0.493 e. The Balaban J connectivity index is 2.01. The van der Waals surface area contributed by atoms with Gasteiger partial charge in [0.25, 0.3) is 0 Å². The third-order valence-electron chi connectivity index (χ3n) is 3.48. The zero-order chi connectivity index (χ0) is 17.5. The molecule has 0 bridgehead atoms. The van der Waals surface area contributed by atoms with Gasteiger partial charge in [0, 0.05) is 18.7 Å². The van der Waals surface area contributed by atoms with E-state index in [4.69, 9.17) is 18.9 Å². The van der Waals surface area contributed by atoms with Gasteiger partial charge in [-0.1, -0.05) is 0 Å². The zero-order valence-corrected chi connectivity index (χ0v) is 14.0. The number of amides is 1. The van der Waals surface area contributed by atoms with E-state index in [1.165, 1.54) is 20.3 Å². The summed E-state index contributed by atoms with van der Waals surface area (Å²) >= 11 is 0. The van der Waals surface area contributed by atoms with E-state index in [1.807, 2.05) is 6.07 Å². The van der Waals surface area contributed by atoms with Crippen LogP contribution in [0, 0.1) is 11.3 Å². The van der Waals surface area contributed by atoms with E-state index in [1.54, 1.807) is 18.0 Å². The van der Waals surface area contributed by atoms with Crippen LogP contribution in [0.1, 0.15) is 5.56 Å². The van der Waals surface area contributed by atoms with E-state index in [2.05, 4.69) is 5.32 Å². The van der Waals surface area contributed by atoms with Crippen molar-refractivity contribution < 1.29 is 23.7 Å². The number of hydrogen-bond donors (Lipinski definition) is 1. The Bertz CT molecular complexity index is 623. The van der Waals surface area contributed by atoms with Crippen LogP contribution in [0.3, 0.4) is 0 Å². The van der Waals surface area contributed by atoms with E-state index >= 15 is 0 Å². The highest BCUT2D eigenvalue weighted by Crippen LogP contribution is 2.32. The molecule has 0 aliphatic carbocycles. The van der Waals surface area contributed by atoms with Crippen molar-refractivity contribution >= 4 is 11.6 Å². The van der Waals surface area contributed by atoms with Gasteiger partial charge in [-0.2, -0.15) is 5.26 Å². The molecule has 1 heterocycles. The molecular formula is C16H21N3O5. The average molecular weight is 335 g/mol. The van der Waals surface area contributed by atoms with Crippen LogP contribution in [0.15, 0.2) is 12.1 Å². The van der Waals surface area contributed by atoms with Gasteiger partial charge < -0.3 is 24.3 Å². The highest BCUT2D eigenvalue weighted by atomic mass is 16.7. The number of benzene rings is 1. The van der Waals surface area contributed by atoms with E-state index in [-0.39, 0.29) is 18.7 Å².